The second-order valence-corrected chi connectivity index (χ2v) is 4.86. The summed E-state index contributed by atoms with van der Waals surface area (Å²) in [5, 5.41) is 3.24. The Hall–Kier alpha value is -0.700. The van der Waals surface area contributed by atoms with Gasteiger partial charge in [-0.3, -0.25) is 9.59 Å². The summed E-state index contributed by atoms with van der Waals surface area (Å²) in [6.07, 6.45) is 1.69. The van der Waals surface area contributed by atoms with Crippen LogP contribution >= 0.6 is 0 Å². The van der Waals surface area contributed by atoms with Crippen LogP contribution in [-0.4, -0.2) is 23.7 Å². The SMILES string of the molecule is CCC(=O)CC[C@@H](NC(C)C)C(=O)C(C)C. The van der Waals surface area contributed by atoms with Gasteiger partial charge in [-0.05, 0) is 6.42 Å². The summed E-state index contributed by atoms with van der Waals surface area (Å²) in [7, 11) is 0. The maximum Gasteiger partial charge on any atom is 0.152 e. The third-order valence-corrected chi connectivity index (χ3v) is 2.55. The van der Waals surface area contributed by atoms with Gasteiger partial charge in [-0.15, -0.1) is 0 Å². The Kier molecular flexibility index (Phi) is 7.22. The molecule has 0 aliphatic heterocycles. The maximum absolute atomic E-state index is 11.9. The molecule has 1 atom stereocenters. The van der Waals surface area contributed by atoms with Crippen molar-refractivity contribution in [3.63, 3.8) is 0 Å². The summed E-state index contributed by atoms with van der Waals surface area (Å²) in [5.74, 6) is 0.456. The summed E-state index contributed by atoms with van der Waals surface area (Å²) < 4.78 is 0. The summed E-state index contributed by atoms with van der Waals surface area (Å²) in [5.41, 5.74) is 0. The van der Waals surface area contributed by atoms with Crippen LogP contribution in [0.15, 0.2) is 0 Å². The molecule has 0 aromatic heterocycles. The zero-order chi connectivity index (χ0) is 12.7. The smallest absolute Gasteiger partial charge is 0.152 e. The Bertz CT molecular complexity index is 234. The summed E-state index contributed by atoms with van der Waals surface area (Å²) >= 11 is 0. The van der Waals surface area contributed by atoms with E-state index in [4.69, 9.17) is 0 Å². The van der Waals surface area contributed by atoms with Gasteiger partial charge in [0, 0.05) is 24.8 Å². The maximum atomic E-state index is 11.9. The van der Waals surface area contributed by atoms with E-state index in [1.54, 1.807) is 0 Å². The first-order valence-corrected chi connectivity index (χ1v) is 6.19. The Morgan fingerprint density at radius 2 is 1.69 bits per heavy atom. The van der Waals surface area contributed by atoms with Crippen molar-refractivity contribution in [2.24, 2.45) is 5.92 Å². The average Bonchev–Trinajstić information content (AvgIpc) is 2.21. The van der Waals surface area contributed by atoms with E-state index in [0.717, 1.165) is 0 Å². The van der Waals surface area contributed by atoms with Gasteiger partial charge in [0.15, 0.2) is 5.78 Å². The normalized spacial score (nSPS) is 13.2. The predicted octanol–water partition coefficient (Wildman–Crippen LogP) is 2.34. The highest BCUT2D eigenvalue weighted by atomic mass is 16.1. The van der Waals surface area contributed by atoms with E-state index in [2.05, 4.69) is 5.32 Å². The van der Waals surface area contributed by atoms with Crippen molar-refractivity contribution in [3.8, 4) is 0 Å². The summed E-state index contributed by atoms with van der Waals surface area (Å²) in [6, 6.07) is 0.0972. The highest BCUT2D eigenvalue weighted by molar-refractivity contribution is 5.86. The number of carbonyl (C=O) groups excluding carboxylic acids is 2. The van der Waals surface area contributed by atoms with Gasteiger partial charge in [0.1, 0.15) is 5.78 Å². The fourth-order valence-electron chi connectivity index (χ4n) is 1.59. The molecule has 0 heterocycles. The van der Waals surface area contributed by atoms with E-state index in [0.29, 0.717) is 19.3 Å². The summed E-state index contributed by atoms with van der Waals surface area (Å²) in [6.45, 7) is 9.69. The number of rotatable bonds is 8. The fourth-order valence-corrected chi connectivity index (χ4v) is 1.59. The third kappa shape index (κ3) is 6.01. The lowest BCUT2D eigenvalue weighted by molar-refractivity contribution is -0.124. The molecule has 0 saturated carbocycles. The van der Waals surface area contributed by atoms with Gasteiger partial charge in [0.05, 0.1) is 6.04 Å². The highest BCUT2D eigenvalue weighted by Crippen LogP contribution is 2.08. The molecule has 3 heteroatoms. The molecule has 0 fully saturated rings. The third-order valence-electron chi connectivity index (χ3n) is 2.55. The highest BCUT2D eigenvalue weighted by Gasteiger charge is 2.21. The van der Waals surface area contributed by atoms with Gasteiger partial charge < -0.3 is 5.32 Å². The molecule has 16 heavy (non-hydrogen) atoms. The van der Waals surface area contributed by atoms with Crippen LogP contribution in [0.2, 0.25) is 0 Å². The second kappa shape index (κ2) is 7.55. The first-order chi connectivity index (χ1) is 7.38. The molecule has 0 radical (unpaired) electrons. The van der Waals surface area contributed by atoms with Crippen LogP contribution in [0, 0.1) is 5.92 Å². The first-order valence-electron chi connectivity index (χ1n) is 6.19. The minimum atomic E-state index is -0.171. The van der Waals surface area contributed by atoms with Crippen LogP contribution < -0.4 is 5.32 Å². The number of carbonyl (C=O) groups is 2. The largest absolute Gasteiger partial charge is 0.305 e. The van der Waals surface area contributed by atoms with Crippen LogP contribution in [0.25, 0.3) is 0 Å². The number of hydrogen-bond acceptors (Lipinski definition) is 3. The monoisotopic (exact) mass is 227 g/mol. The molecule has 0 bridgehead atoms. The molecule has 1 N–H and O–H groups in total. The molecule has 94 valence electrons. The van der Waals surface area contributed by atoms with E-state index < -0.39 is 0 Å². The number of hydrogen-bond donors (Lipinski definition) is 1. The van der Waals surface area contributed by atoms with Gasteiger partial charge in [0.25, 0.3) is 0 Å². The lowest BCUT2D eigenvalue weighted by atomic mass is 9.96. The molecule has 0 spiro atoms. The van der Waals surface area contributed by atoms with Gasteiger partial charge in [-0.2, -0.15) is 0 Å². The van der Waals surface area contributed by atoms with Crippen LogP contribution in [0.4, 0.5) is 0 Å². The molecule has 0 aliphatic carbocycles. The predicted molar refractivity (Wildman–Crippen MR) is 66.4 cm³/mol. The molecule has 0 aromatic rings. The van der Waals surface area contributed by atoms with Crippen LogP contribution in [0.1, 0.15) is 53.9 Å². The first kappa shape index (κ1) is 15.3. The van der Waals surface area contributed by atoms with Crippen LogP contribution in [0.5, 0.6) is 0 Å². The van der Waals surface area contributed by atoms with Crippen molar-refractivity contribution in [2.45, 2.75) is 66.0 Å². The summed E-state index contributed by atoms with van der Waals surface area (Å²) in [4.78, 5) is 23.2. The zero-order valence-electron chi connectivity index (χ0n) is 11.2. The van der Waals surface area contributed by atoms with E-state index in [-0.39, 0.29) is 29.6 Å². The molecule has 0 amide bonds. The number of nitrogens with one attached hydrogen (secondary N) is 1. The van der Waals surface area contributed by atoms with Gasteiger partial charge in [-0.1, -0.05) is 34.6 Å². The molecule has 0 rings (SSSR count). The van der Waals surface area contributed by atoms with Crippen molar-refractivity contribution < 1.29 is 9.59 Å². The Morgan fingerprint density at radius 3 is 2.06 bits per heavy atom. The van der Waals surface area contributed by atoms with Crippen molar-refractivity contribution in [3.05, 3.63) is 0 Å². The molecule has 0 unspecified atom stereocenters. The molecule has 0 aromatic carbocycles. The Morgan fingerprint density at radius 1 is 1.12 bits per heavy atom. The standard InChI is InChI=1S/C13H25NO2/c1-6-11(15)7-8-12(14-10(4)5)13(16)9(2)3/h9-10,12,14H,6-8H2,1-5H3/t12-/m1/s1. The molecule has 0 aliphatic rings. The van der Waals surface area contributed by atoms with Crippen molar-refractivity contribution in [2.75, 3.05) is 0 Å². The van der Waals surface area contributed by atoms with E-state index in [1.807, 2.05) is 34.6 Å². The van der Waals surface area contributed by atoms with Crippen LogP contribution in [-0.2, 0) is 9.59 Å². The second-order valence-electron chi connectivity index (χ2n) is 4.86. The number of ketones is 2. The van der Waals surface area contributed by atoms with Crippen molar-refractivity contribution in [1.82, 2.24) is 5.32 Å². The molecule has 0 saturated heterocycles. The van der Waals surface area contributed by atoms with Crippen molar-refractivity contribution in [1.29, 1.82) is 0 Å². The van der Waals surface area contributed by atoms with Gasteiger partial charge in [0.2, 0.25) is 0 Å². The lowest BCUT2D eigenvalue weighted by Crippen LogP contribution is -2.43. The minimum Gasteiger partial charge on any atom is -0.305 e. The zero-order valence-corrected chi connectivity index (χ0v) is 11.2. The minimum absolute atomic E-state index is 0.0213. The van der Waals surface area contributed by atoms with Crippen molar-refractivity contribution >= 4 is 11.6 Å². The molecular weight excluding hydrogens is 202 g/mol. The Labute approximate surface area is 99.0 Å². The van der Waals surface area contributed by atoms with E-state index in [9.17, 15) is 9.59 Å². The van der Waals surface area contributed by atoms with E-state index in [1.165, 1.54) is 0 Å². The average molecular weight is 227 g/mol. The quantitative estimate of drug-likeness (QED) is 0.692. The fraction of sp³-hybridized carbons (Fsp3) is 0.846. The molecule has 3 nitrogen and oxygen atoms in total. The van der Waals surface area contributed by atoms with Gasteiger partial charge in [-0.25, -0.2) is 0 Å². The lowest BCUT2D eigenvalue weighted by Gasteiger charge is -2.21. The molecular formula is C13H25NO2. The topological polar surface area (TPSA) is 46.2 Å². The van der Waals surface area contributed by atoms with Gasteiger partial charge >= 0.3 is 0 Å². The van der Waals surface area contributed by atoms with Crippen LogP contribution in [0.3, 0.4) is 0 Å². The Balaban J connectivity index is 4.32. The van der Waals surface area contributed by atoms with E-state index >= 15 is 0 Å². The number of Topliss-reactive ketones (excluding diaryl/α,β-unsaturated/α-hetero) is 2.